The number of hydrogen-bond acceptors (Lipinski definition) is 4. The third kappa shape index (κ3) is 2.83. The van der Waals surface area contributed by atoms with Crippen molar-refractivity contribution in [3.05, 3.63) is 54.1 Å². The van der Waals surface area contributed by atoms with Gasteiger partial charge in [-0.15, -0.1) is 5.10 Å². The normalized spacial score (nSPS) is 10.8. The molecule has 0 N–H and O–H groups in total. The molecule has 0 saturated heterocycles. The number of para-hydroxylation sites is 1. The van der Waals surface area contributed by atoms with E-state index in [0.29, 0.717) is 29.0 Å². The van der Waals surface area contributed by atoms with Gasteiger partial charge in [0.15, 0.2) is 0 Å². The van der Waals surface area contributed by atoms with E-state index < -0.39 is 0 Å². The van der Waals surface area contributed by atoms with Gasteiger partial charge in [-0.1, -0.05) is 36.8 Å². The summed E-state index contributed by atoms with van der Waals surface area (Å²) in [6.07, 6.45) is 2.06. The van der Waals surface area contributed by atoms with Crippen molar-refractivity contribution < 1.29 is 9.53 Å². The zero-order chi connectivity index (χ0) is 15.4. The number of carbonyl (C=O) groups excluding carboxylic acids is 1. The highest BCUT2D eigenvalue weighted by molar-refractivity contribution is 6.00. The molecule has 0 aliphatic carbocycles. The maximum atomic E-state index is 12.6. The molecule has 5 nitrogen and oxygen atoms in total. The van der Waals surface area contributed by atoms with Gasteiger partial charge in [-0.3, -0.25) is 4.79 Å². The molecule has 0 spiro atoms. The first-order valence-corrected chi connectivity index (χ1v) is 7.37. The predicted octanol–water partition coefficient (Wildman–Crippen LogP) is 3.30. The lowest BCUT2D eigenvalue weighted by Gasteiger charge is -2.07. The van der Waals surface area contributed by atoms with Crippen LogP contribution in [0.5, 0.6) is 5.75 Å². The molecule has 1 heterocycles. The van der Waals surface area contributed by atoms with Crippen molar-refractivity contribution >= 4 is 16.9 Å². The lowest BCUT2D eigenvalue weighted by molar-refractivity contribution is 0.0947. The fraction of sp³-hybridized carbons (Fsp3) is 0.235. The Morgan fingerprint density at radius 2 is 2.05 bits per heavy atom. The molecule has 0 atom stereocenters. The first kappa shape index (κ1) is 14.3. The number of hydrogen-bond donors (Lipinski definition) is 0. The van der Waals surface area contributed by atoms with E-state index in [-0.39, 0.29) is 5.91 Å². The summed E-state index contributed by atoms with van der Waals surface area (Å²) in [6.45, 7) is 2.76. The monoisotopic (exact) mass is 295 g/mol. The summed E-state index contributed by atoms with van der Waals surface area (Å²) in [6, 6.07) is 14.6. The summed E-state index contributed by atoms with van der Waals surface area (Å²) in [5.41, 5.74) is 1.93. The second kappa shape index (κ2) is 6.39. The van der Waals surface area contributed by atoms with Crippen molar-refractivity contribution in [3.63, 3.8) is 0 Å². The fourth-order valence-electron chi connectivity index (χ4n) is 2.19. The zero-order valence-corrected chi connectivity index (χ0v) is 12.4. The zero-order valence-electron chi connectivity index (χ0n) is 12.4. The van der Waals surface area contributed by atoms with E-state index in [1.165, 1.54) is 4.68 Å². The van der Waals surface area contributed by atoms with Gasteiger partial charge in [0.2, 0.25) is 0 Å². The second-order valence-corrected chi connectivity index (χ2v) is 5.02. The van der Waals surface area contributed by atoms with Crippen LogP contribution in [0, 0.1) is 0 Å². The Bertz CT molecular complexity index is 795. The lowest BCUT2D eigenvalue weighted by Crippen LogP contribution is -2.13. The van der Waals surface area contributed by atoms with Crippen LogP contribution in [0.4, 0.5) is 0 Å². The number of benzene rings is 2. The quantitative estimate of drug-likeness (QED) is 0.678. The van der Waals surface area contributed by atoms with Gasteiger partial charge in [-0.25, -0.2) is 0 Å². The molecule has 2 aromatic carbocycles. The van der Waals surface area contributed by atoms with Crippen LogP contribution in [0.3, 0.4) is 0 Å². The highest BCUT2D eigenvalue weighted by atomic mass is 16.5. The van der Waals surface area contributed by atoms with E-state index in [2.05, 4.69) is 17.2 Å². The standard InChI is InChI=1S/C17H17N3O2/c1-2-3-11-22-14-8-6-7-13(12-14)17(21)20-16-10-5-4-9-15(16)18-19-20/h4-10,12H,2-3,11H2,1H3. The van der Waals surface area contributed by atoms with Crippen molar-refractivity contribution in [1.29, 1.82) is 0 Å². The smallest absolute Gasteiger partial charge is 0.280 e. The van der Waals surface area contributed by atoms with Crippen molar-refractivity contribution in [2.24, 2.45) is 0 Å². The van der Waals surface area contributed by atoms with Crippen LogP contribution in [0.1, 0.15) is 30.1 Å². The maximum absolute atomic E-state index is 12.6. The number of ether oxygens (including phenoxy) is 1. The van der Waals surface area contributed by atoms with E-state index in [9.17, 15) is 4.79 Å². The number of unbranched alkanes of at least 4 members (excludes halogenated alkanes) is 1. The Hall–Kier alpha value is -2.69. The predicted molar refractivity (Wildman–Crippen MR) is 84.1 cm³/mol. The molecule has 22 heavy (non-hydrogen) atoms. The van der Waals surface area contributed by atoms with Gasteiger partial charge in [0.1, 0.15) is 11.3 Å². The fourth-order valence-corrected chi connectivity index (χ4v) is 2.19. The number of aromatic nitrogens is 3. The van der Waals surface area contributed by atoms with Crippen molar-refractivity contribution in [2.45, 2.75) is 19.8 Å². The third-order valence-corrected chi connectivity index (χ3v) is 3.39. The Balaban J connectivity index is 1.87. The van der Waals surface area contributed by atoms with E-state index in [1.807, 2.05) is 36.4 Å². The highest BCUT2D eigenvalue weighted by Crippen LogP contribution is 2.17. The SMILES string of the molecule is CCCCOc1cccc(C(=O)n2nnc3ccccc32)c1. The molecule has 5 heteroatoms. The Morgan fingerprint density at radius 1 is 1.18 bits per heavy atom. The first-order chi connectivity index (χ1) is 10.8. The van der Waals surface area contributed by atoms with Gasteiger partial charge >= 0.3 is 0 Å². The molecule has 0 unspecified atom stereocenters. The number of nitrogens with zero attached hydrogens (tertiary/aromatic N) is 3. The van der Waals surface area contributed by atoms with Crippen molar-refractivity contribution in [2.75, 3.05) is 6.61 Å². The topological polar surface area (TPSA) is 57.0 Å². The van der Waals surface area contributed by atoms with Crippen LogP contribution < -0.4 is 4.74 Å². The average molecular weight is 295 g/mol. The van der Waals surface area contributed by atoms with Crippen LogP contribution in [0.25, 0.3) is 11.0 Å². The molecule has 0 aliphatic heterocycles. The van der Waals surface area contributed by atoms with Gasteiger partial charge in [0, 0.05) is 5.56 Å². The first-order valence-electron chi connectivity index (χ1n) is 7.37. The molecule has 0 saturated carbocycles. The Labute approximate surface area is 128 Å². The van der Waals surface area contributed by atoms with E-state index in [0.717, 1.165) is 12.8 Å². The number of rotatable bonds is 5. The molecule has 1 aromatic heterocycles. The molecule has 0 bridgehead atoms. The number of fused-ring (bicyclic) bond motifs is 1. The molecule has 112 valence electrons. The molecule has 0 radical (unpaired) electrons. The molecule has 3 rings (SSSR count). The minimum Gasteiger partial charge on any atom is -0.494 e. The molecular formula is C17H17N3O2. The summed E-state index contributed by atoms with van der Waals surface area (Å²) in [5.74, 6) is 0.485. The van der Waals surface area contributed by atoms with Gasteiger partial charge < -0.3 is 4.74 Å². The van der Waals surface area contributed by atoms with Crippen molar-refractivity contribution in [3.8, 4) is 5.75 Å². The van der Waals surface area contributed by atoms with E-state index in [4.69, 9.17) is 4.74 Å². The lowest BCUT2D eigenvalue weighted by atomic mass is 10.2. The summed E-state index contributed by atoms with van der Waals surface area (Å²) in [7, 11) is 0. The van der Waals surface area contributed by atoms with Gasteiger partial charge in [-0.05, 0) is 36.8 Å². The van der Waals surface area contributed by atoms with Crippen LogP contribution >= 0.6 is 0 Å². The van der Waals surface area contributed by atoms with Gasteiger partial charge in [-0.2, -0.15) is 4.68 Å². The molecule has 3 aromatic rings. The molecule has 0 aliphatic rings. The largest absolute Gasteiger partial charge is 0.494 e. The van der Waals surface area contributed by atoms with Crippen molar-refractivity contribution in [1.82, 2.24) is 15.0 Å². The molecular weight excluding hydrogens is 278 g/mol. The third-order valence-electron chi connectivity index (χ3n) is 3.39. The minimum atomic E-state index is -0.213. The van der Waals surface area contributed by atoms with Gasteiger partial charge in [0.25, 0.3) is 5.91 Å². The van der Waals surface area contributed by atoms with E-state index >= 15 is 0 Å². The van der Waals surface area contributed by atoms with Crippen LogP contribution in [-0.4, -0.2) is 27.5 Å². The van der Waals surface area contributed by atoms with E-state index in [1.54, 1.807) is 12.1 Å². The van der Waals surface area contributed by atoms with Crippen LogP contribution in [0.15, 0.2) is 48.5 Å². The van der Waals surface area contributed by atoms with Crippen LogP contribution in [0.2, 0.25) is 0 Å². The van der Waals surface area contributed by atoms with Crippen LogP contribution in [-0.2, 0) is 0 Å². The Kier molecular flexibility index (Phi) is 4.14. The number of carbonyl (C=O) groups is 1. The molecule has 0 amide bonds. The van der Waals surface area contributed by atoms with Gasteiger partial charge in [0.05, 0.1) is 12.1 Å². The summed E-state index contributed by atoms with van der Waals surface area (Å²) in [4.78, 5) is 12.6. The summed E-state index contributed by atoms with van der Waals surface area (Å²) in [5, 5.41) is 7.96. The average Bonchev–Trinajstić information content (AvgIpc) is 2.99. The Morgan fingerprint density at radius 3 is 2.91 bits per heavy atom. The summed E-state index contributed by atoms with van der Waals surface area (Å²) < 4.78 is 6.96. The highest BCUT2D eigenvalue weighted by Gasteiger charge is 2.14. The molecule has 0 fully saturated rings. The maximum Gasteiger partial charge on any atom is 0.280 e. The second-order valence-electron chi connectivity index (χ2n) is 5.02. The summed E-state index contributed by atoms with van der Waals surface area (Å²) >= 11 is 0. The minimum absolute atomic E-state index is 0.213.